The Labute approximate surface area is 158 Å². The van der Waals surface area contributed by atoms with Crippen LogP contribution < -0.4 is 10.1 Å². The molecule has 2 aromatic carbocycles. The predicted molar refractivity (Wildman–Crippen MR) is 103 cm³/mol. The van der Waals surface area contributed by atoms with E-state index in [4.69, 9.17) is 9.15 Å². The Morgan fingerprint density at radius 1 is 1.15 bits per heavy atom. The molecule has 0 radical (unpaired) electrons. The molecule has 1 heterocycles. The fraction of sp³-hybridized carbons (Fsp3) is 0.286. The van der Waals surface area contributed by atoms with E-state index in [9.17, 15) is 4.79 Å². The highest BCUT2D eigenvalue weighted by atomic mass is 16.5. The van der Waals surface area contributed by atoms with E-state index in [2.05, 4.69) is 42.4 Å². The molecule has 1 aromatic heterocycles. The maximum atomic E-state index is 12.2. The number of nitrogens with zero attached hydrogens (tertiary/aromatic N) is 2. The molecule has 0 aliphatic carbocycles. The summed E-state index contributed by atoms with van der Waals surface area (Å²) >= 11 is 0. The van der Waals surface area contributed by atoms with Gasteiger partial charge in [0.2, 0.25) is 12.3 Å². The van der Waals surface area contributed by atoms with Crippen LogP contribution in [0.25, 0.3) is 11.5 Å². The topological polar surface area (TPSA) is 77.2 Å². The number of aromatic nitrogens is 2. The summed E-state index contributed by atoms with van der Waals surface area (Å²) in [7, 11) is 0. The first-order valence-electron chi connectivity index (χ1n) is 8.90. The monoisotopic (exact) mass is 365 g/mol. The van der Waals surface area contributed by atoms with Crippen molar-refractivity contribution in [3.8, 4) is 17.2 Å². The number of carbonyl (C=O) groups excluding carboxylic acids is 1. The lowest BCUT2D eigenvalue weighted by atomic mass is 10.1. The summed E-state index contributed by atoms with van der Waals surface area (Å²) < 4.78 is 11.0. The van der Waals surface area contributed by atoms with E-state index in [0.29, 0.717) is 24.6 Å². The van der Waals surface area contributed by atoms with E-state index in [1.54, 1.807) is 24.3 Å². The van der Waals surface area contributed by atoms with Gasteiger partial charge in [-0.3, -0.25) is 4.79 Å². The average Bonchev–Trinajstić information content (AvgIpc) is 3.20. The van der Waals surface area contributed by atoms with Crippen LogP contribution in [0, 0.1) is 20.8 Å². The lowest BCUT2D eigenvalue weighted by molar-refractivity contribution is 0.0951. The Balaban J connectivity index is 1.45. The lowest BCUT2D eigenvalue weighted by Gasteiger charge is -2.12. The molecule has 0 saturated heterocycles. The third-order valence-electron chi connectivity index (χ3n) is 4.38. The molecular weight excluding hydrogens is 342 g/mol. The first kappa shape index (κ1) is 18.6. The van der Waals surface area contributed by atoms with Crippen LogP contribution in [0.3, 0.4) is 0 Å². The van der Waals surface area contributed by atoms with Crippen molar-refractivity contribution in [3.05, 3.63) is 65.0 Å². The molecule has 3 aromatic rings. The molecule has 140 valence electrons. The van der Waals surface area contributed by atoms with Gasteiger partial charge in [-0.05, 0) is 74.2 Å². The van der Waals surface area contributed by atoms with Crippen molar-refractivity contribution in [2.45, 2.75) is 27.2 Å². The maximum absolute atomic E-state index is 12.2. The minimum atomic E-state index is -0.116. The van der Waals surface area contributed by atoms with Gasteiger partial charge in [0.25, 0.3) is 5.91 Å². The highest BCUT2D eigenvalue weighted by Gasteiger charge is 2.08. The Morgan fingerprint density at radius 2 is 1.93 bits per heavy atom. The zero-order valence-corrected chi connectivity index (χ0v) is 15.8. The van der Waals surface area contributed by atoms with Gasteiger partial charge in [-0.25, -0.2) is 0 Å². The quantitative estimate of drug-likeness (QED) is 0.643. The van der Waals surface area contributed by atoms with Gasteiger partial charge in [0.1, 0.15) is 5.75 Å². The van der Waals surface area contributed by atoms with Crippen molar-refractivity contribution < 1.29 is 13.9 Å². The molecule has 0 atom stereocenters. The van der Waals surface area contributed by atoms with Crippen molar-refractivity contribution >= 4 is 5.91 Å². The van der Waals surface area contributed by atoms with E-state index in [0.717, 1.165) is 23.3 Å². The molecule has 0 bridgehead atoms. The molecule has 0 unspecified atom stereocenters. The Hall–Kier alpha value is -3.15. The predicted octanol–water partition coefficient (Wildman–Crippen LogP) is 3.86. The van der Waals surface area contributed by atoms with Crippen molar-refractivity contribution in [2.75, 3.05) is 13.2 Å². The lowest BCUT2D eigenvalue weighted by Crippen LogP contribution is -2.25. The van der Waals surface area contributed by atoms with Gasteiger partial charge in [0.15, 0.2) is 0 Å². The molecule has 6 nitrogen and oxygen atoms in total. The van der Waals surface area contributed by atoms with E-state index >= 15 is 0 Å². The summed E-state index contributed by atoms with van der Waals surface area (Å²) in [6, 6.07) is 11.2. The van der Waals surface area contributed by atoms with Crippen molar-refractivity contribution in [3.63, 3.8) is 0 Å². The summed E-state index contributed by atoms with van der Waals surface area (Å²) in [6.45, 7) is 7.31. The van der Waals surface area contributed by atoms with Crippen LogP contribution >= 0.6 is 0 Å². The molecular formula is C21H23N3O3. The van der Waals surface area contributed by atoms with Gasteiger partial charge in [-0.2, -0.15) is 0 Å². The second kappa shape index (κ2) is 8.49. The van der Waals surface area contributed by atoms with Gasteiger partial charge in [0.05, 0.1) is 6.61 Å². The van der Waals surface area contributed by atoms with Gasteiger partial charge >= 0.3 is 0 Å². The van der Waals surface area contributed by atoms with E-state index in [-0.39, 0.29) is 5.91 Å². The molecule has 0 saturated carbocycles. The number of nitrogens with one attached hydrogen (secondary N) is 1. The molecule has 1 amide bonds. The van der Waals surface area contributed by atoms with E-state index in [1.165, 1.54) is 17.5 Å². The van der Waals surface area contributed by atoms with Crippen LogP contribution in [0.5, 0.6) is 5.75 Å². The van der Waals surface area contributed by atoms with Crippen molar-refractivity contribution in [1.82, 2.24) is 15.5 Å². The van der Waals surface area contributed by atoms with Crippen molar-refractivity contribution in [1.29, 1.82) is 0 Å². The minimum absolute atomic E-state index is 0.116. The molecule has 27 heavy (non-hydrogen) atoms. The van der Waals surface area contributed by atoms with E-state index in [1.807, 2.05) is 6.07 Å². The number of carbonyl (C=O) groups is 1. The molecule has 0 spiro atoms. The number of hydrogen-bond donors (Lipinski definition) is 1. The first-order valence-corrected chi connectivity index (χ1v) is 8.90. The SMILES string of the molecule is Cc1cc(C)c(C)c(OCCCNC(=O)c2ccc(-c3nnco3)cc2)c1. The highest BCUT2D eigenvalue weighted by molar-refractivity contribution is 5.94. The molecule has 6 heteroatoms. The molecule has 0 aliphatic heterocycles. The van der Waals surface area contributed by atoms with Crippen molar-refractivity contribution in [2.24, 2.45) is 0 Å². The normalized spacial score (nSPS) is 10.6. The average molecular weight is 365 g/mol. The fourth-order valence-electron chi connectivity index (χ4n) is 2.77. The first-order chi connectivity index (χ1) is 13.0. The summed E-state index contributed by atoms with van der Waals surface area (Å²) in [5.74, 6) is 1.23. The maximum Gasteiger partial charge on any atom is 0.251 e. The molecule has 0 fully saturated rings. The molecule has 0 aliphatic rings. The summed E-state index contributed by atoms with van der Waals surface area (Å²) in [4.78, 5) is 12.2. The second-order valence-corrected chi connectivity index (χ2v) is 6.48. The second-order valence-electron chi connectivity index (χ2n) is 6.48. The number of rotatable bonds is 7. The summed E-state index contributed by atoms with van der Waals surface area (Å²) in [6.07, 6.45) is 2.01. The zero-order chi connectivity index (χ0) is 19.2. The standard InChI is InChI=1S/C21H23N3O3/c1-14-11-15(2)16(3)19(12-14)26-10-4-9-22-20(25)17-5-7-18(8-6-17)21-24-23-13-27-21/h5-8,11-13H,4,9-10H2,1-3H3,(H,22,25). The smallest absolute Gasteiger partial charge is 0.251 e. The fourth-order valence-corrected chi connectivity index (χ4v) is 2.77. The van der Waals surface area contributed by atoms with Gasteiger partial charge in [-0.1, -0.05) is 6.07 Å². The van der Waals surface area contributed by atoms with Crippen LogP contribution in [0.15, 0.2) is 47.2 Å². The molecule has 3 rings (SSSR count). The van der Waals surface area contributed by atoms with Crippen LogP contribution in [-0.2, 0) is 0 Å². The van der Waals surface area contributed by atoms with Gasteiger partial charge in [0, 0.05) is 17.7 Å². The summed E-state index contributed by atoms with van der Waals surface area (Å²) in [5.41, 5.74) is 4.93. The number of ether oxygens (including phenoxy) is 1. The Kier molecular flexibility index (Phi) is 5.86. The third kappa shape index (κ3) is 4.73. The number of benzene rings is 2. The third-order valence-corrected chi connectivity index (χ3v) is 4.38. The van der Waals surface area contributed by atoms with Crippen LogP contribution in [-0.4, -0.2) is 29.3 Å². The van der Waals surface area contributed by atoms with Gasteiger partial charge in [-0.15, -0.1) is 10.2 Å². The van der Waals surface area contributed by atoms with Crippen LogP contribution in [0.4, 0.5) is 0 Å². The van der Waals surface area contributed by atoms with Crippen LogP contribution in [0.1, 0.15) is 33.5 Å². The van der Waals surface area contributed by atoms with Gasteiger partial charge < -0.3 is 14.5 Å². The largest absolute Gasteiger partial charge is 0.493 e. The minimum Gasteiger partial charge on any atom is -0.493 e. The Bertz CT molecular complexity index is 903. The number of amides is 1. The number of aryl methyl sites for hydroxylation is 2. The Morgan fingerprint density at radius 3 is 2.63 bits per heavy atom. The zero-order valence-electron chi connectivity index (χ0n) is 15.8. The molecule has 1 N–H and O–H groups in total. The van der Waals surface area contributed by atoms with E-state index < -0.39 is 0 Å². The summed E-state index contributed by atoms with van der Waals surface area (Å²) in [5, 5.41) is 10.4. The highest BCUT2D eigenvalue weighted by Crippen LogP contribution is 2.23. The van der Waals surface area contributed by atoms with Crippen LogP contribution in [0.2, 0.25) is 0 Å². The number of hydrogen-bond acceptors (Lipinski definition) is 5.